The van der Waals surface area contributed by atoms with E-state index < -0.39 is 4.92 Å². The summed E-state index contributed by atoms with van der Waals surface area (Å²) >= 11 is 5.75. The van der Waals surface area contributed by atoms with Crippen molar-refractivity contribution in [2.24, 2.45) is 5.92 Å². The lowest BCUT2D eigenvalue weighted by Gasteiger charge is -2.10. The van der Waals surface area contributed by atoms with E-state index in [0.717, 1.165) is 0 Å². The van der Waals surface area contributed by atoms with Crippen molar-refractivity contribution in [1.82, 2.24) is 4.98 Å². The topological polar surface area (TPSA) is 68.1 Å². The molecule has 0 unspecified atom stereocenters. The third kappa shape index (κ3) is 3.06. The summed E-state index contributed by atoms with van der Waals surface area (Å²) in [4.78, 5) is 14.2. The first-order chi connectivity index (χ1) is 7.41. The summed E-state index contributed by atoms with van der Waals surface area (Å²) < 4.78 is 0. The molecule has 1 aromatic heterocycles. The summed E-state index contributed by atoms with van der Waals surface area (Å²) in [6.07, 6.45) is 0. The minimum atomic E-state index is -0.516. The molecule has 0 bridgehead atoms. The molecule has 0 aliphatic heterocycles. The predicted octanol–water partition coefficient (Wildman–Crippen LogP) is 3.02. The average Bonchev–Trinajstić information content (AvgIpc) is 2.12. The second kappa shape index (κ2) is 5.12. The van der Waals surface area contributed by atoms with Crippen LogP contribution in [0.2, 0.25) is 5.15 Å². The summed E-state index contributed by atoms with van der Waals surface area (Å²) in [6.45, 7) is 6.44. The number of hydrogen-bond donors (Lipinski definition) is 1. The zero-order valence-electron chi connectivity index (χ0n) is 9.45. The van der Waals surface area contributed by atoms with Crippen LogP contribution in [0.25, 0.3) is 0 Å². The molecule has 0 spiro atoms. The summed E-state index contributed by atoms with van der Waals surface area (Å²) in [5, 5.41) is 13.8. The van der Waals surface area contributed by atoms with Crippen molar-refractivity contribution in [2.45, 2.75) is 20.8 Å². The molecule has 6 heteroatoms. The maximum Gasteiger partial charge on any atom is 0.329 e. The standard InChI is InChI=1S/C10H14ClN3O2/c1-6(2)5-12-8-4-7(3)13-10(11)9(8)14(15)16/h4,6H,5H2,1-3H3,(H,12,13). The number of nitro groups is 1. The van der Waals surface area contributed by atoms with Crippen molar-refractivity contribution >= 4 is 23.0 Å². The first-order valence-corrected chi connectivity index (χ1v) is 5.35. The minimum Gasteiger partial charge on any atom is -0.379 e. The Morgan fingerprint density at radius 1 is 1.62 bits per heavy atom. The van der Waals surface area contributed by atoms with Gasteiger partial charge in [-0.15, -0.1) is 0 Å². The Bertz CT molecular complexity index is 407. The number of halogens is 1. The van der Waals surface area contributed by atoms with Gasteiger partial charge in [0.05, 0.1) is 4.92 Å². The van der Waals surface area contributed by atoms with Crippen LogP contribution < -0.4 is 5.32 Å². The number of pyridine rings is 1. The molecular weight excluding hydrogens is 230 g/mol. The number of aryl methyl sites for hydroxylation is 1. The second-order valence-corrected chi connectivity index (χ2v) is 4.34. The van der Waals surface area contributed by atoms with E-state index in [1.165, 1.54) is 0 Å². The molecule has 0 aromatic carbocycles. The van der Waals surface area contributed by atoms with Crippen LogP contribution in [0.3, 0.4) is 0 Å². The summed E-state index contributed by atoms with van der Waals surface area (Å²) in [5.74, 6) is 0.395. The van der Waals surface area contributed by atoms with Crippen molar-refractivity contribution < 1.29 is 4.92 Å². The zero-order chi connectivity index (χ0) is 12.3. The van der Waals surface area contributed by atoms with Gasteiger partial charge in [-0.05, 0) is 18.9 Å². The number of nitrogens with one attached hydrogen (secondary N) is 1. The van der Waals surface area contributed by atoms with Crippen molar-refractivity contribution in [3.8, 4) is 0 Å². The fourth-order valence-electron chi connectivity index (χ4n) is 1.25. The highest BCUT2D eigenvalue weighted by Crippen LogP contribution is 2.31. The number of rotatable bonds is 4. The number of nitrogens with zero attached hydrogens (tertiary/aromatic N) is 2. The van der Waals surface area contributed by atoms with Gasteiger partial charge in [0, 0.05) is 12.2 Å². The predicted molar refractivity (Wildman–Crippen MR) is 64.0 cm³/mol. The molecule has 1 aromatic rings. The highest BCUT2D eigenvalue weighted by molar-refractivity contribution is 6.32. The quantitative estimate of drug-likeness (QED) is 0.501. The maximum atomic E-state index is 10.8. The molecule has 88 valence electrons. The molecule has 1 heterocycles. The first kappa shape index (κ1) is 12.7. The first-order valence-electron chi connectivity index (χ1n) is 4.97. The highest BCUT2D eigenvalue weighted by atomic mass is 35.5. The fraction of sp³-hybridized carbons (Fsp3) is 0.500. The molecule has 0 amide bonds. The van der Waals surface area contributed by atoms with Crippen LogP contribution >= 0.6 is 11.6 Å². The van der Waals surface area contributed by atoms with Crippen molar-refractivity contribution in [3.63, 3.8) is 0 Å². The Hall–Kier alpha value is -1.36. The molecule has 0 atom stereocenters. The lowest BCUT2D eigenvalue weighted by Crippen LogP contribution is -2.10. The van der Waals surface area contributed by atoms with Gasteiger partial charge in [0.25, 0.3) is 0 Å². The van der Waals surface area contributed by atoms with E-state index in [4.69, 9.17) is 11.6 Å². The maximum absolute atomic E-state index is 10.8. The van der Waals surface area contributed by atoms with Crippen LogP contribution in [0.4, 0.5) is 11.4 Å². The molecular formula is C10H14ClN3O2. The van der Waals surface area contributed by atoms with Crippen LogP contribution in [0.1, 0.15) is 19.5 Å². The number of anilines is 1. The molecule has 0 radical (unpaired) electrons. The normalized spacial score (nSPS) is 10.6. The van der Waals surface area contributed by atoms with Crippen LogP contribution in [-0.4, -0.2) is 16.5 Å². The Labute approximate surface area is 99.0 Å². The van der Waals surface area contributed by atoms with Gasteiger partial charge < -0.3 is 5.32 Å². The van der Waals surface area contributed by atoms with E-state index in [1.54, 1.807) is 13.0 Å². The van der Waals surface area contributed by atoms with E-state index in [0.29, 0.717) is 23.8 Å². The molecule has 0 saturated heterocycles. The van der Waals surface area contributed by atoms with Gasteiger partial charge in [0.2, 0.25) is 5.15 Å². The minimum absolute atomic E-state index is 0.0729. The van der Waals surface area contributed by atoms with E-state index in [2.05, 4.69) is 10.3 Å². The van der Waals surface area contributed by atoms with Crippen LogP contribution in [0.5, 0.6) is 0 Å². The summed E-state index contributed by atoms with van der Waals surface area (Å²) in [7, 11) is 0. The van der Waals surface area contributed by atoms with Crippen LogP contribution in [0.15, 0.2) is 6.07 Å². The molecule has 5 nitrogen and oxygen atoms in total. The van der Waals surface area contributed by atoms with Gasteiger partial charge in [-0.25, -0.2) is 4.98 Å². The van der Waals surface area contributed by atoms with Gasteiger partial charge >= 0.3 is 5.69 Å². The third-order valence-electron chi connectivity index (χ3n) is 1.96. The van der Waals surface area contributed by atoms with Gasteiger partial charge in [0.1, 0.15) is 5.69 Å². The van der Waals surface area contributed by atoms with E-state index in [9.17, 15) is 10.1 Å². The smallest absolute Gasteiger partial charge is 0.329 e. The van der Waals surface area contributed by atoms with E-state index >= 15 is 0 Å². The zero-order valence-corrected chi connectivity index (χ0v) is 10.2. The van der Waals surface area contributed by atoms with Gasteiger partial charge in [-0.1, -0.05) is 25.4 Å². The Morgan fingerprint density at radius 2 is 2.25 bits per heavy atom. The Morgan fingerprint density at radius 3 is 2.75 bits per heavy atom. The van der Waals surface area contributed by atoms with Crippen LogP contribution in [0, 0.1) is 23.0 Å². The molecule has 1 rings (SSSR count). The van der Waals surface area contributed by atoms with Gasteiger partial charge in [-0.3, -0.25) is 10.1 Å². The largest absolute Gasteiger partial charge is 0.379 e. The van der Waals surface area contributed by atoms with Crippen LogP contribution in [-0.2, 0) is 0 Å². The molecule has 16 heavy (non-hydrogen) atoms. The molecule has 0 fully saturated rings. The monoisotopic (exact) mass is 243 g/mol. The Balaban J connectivity index is 3.09. The lowest BCUT2D eigenvalue weighted by molar-refractivity contribution is -0.384. The summed E-state index contributed by atoms with van der Waals surface area (Å²) in [6, 6.07) is 1.63. The summed E-state index contributed by atoms with van der Waals surface area (Å²) in [5.41, 5.74) is 0.922. The van der Waals surface area contributed by atoms with Crippen molar-refractivity contribution in [2.75, 3.05) is 11.9 Å². The second-order valence-electron chi connectivity index (χ2n) is 3.98. The van der Waals surface area contributed by atoms with Gasteiger partial charge in [0.15, 0.2) is 0 Å². The van der Waals surface area contributed by atoms with E-state index in [1.807, 2.05) is 13.8 Å². The number of aromatic nitrogens is 1. The SMILES string of the molecule is Cc1cc(NCC(C)C)c([N+](=O)[O-])c(Cl)n1. The molecule has 0 aliphatic rings. The number of hydrogen-bond acceptors (Lipinski definition) is 4. The van der Waals surface area contributed by atoms with Crippen molar-refractivity contribution in [3.05, 3.63) is 27.0 Å². The average molecular weight is 244 g/mol. The third-order valence-corrected chi connectivity index (χ3v) is 2.23. The molecule has 1 N–H and O–H groups in total. The lowest BCUT2D eigenvalue weighted by atomic mass is 10.2. The van der Waals surface area contributed by atoms with Gasteiger partial charge in [-0.2, -0.15) is 0 Å². The highest BCUT2D eigenvalue weighted by Gasteiger charge is 2.20. The Kier molecular flexibility index (Phi) is 4.06. The van der Waals surface area contributed by atoms with Crippen molar-refractivity contribution in [1.29, 1.82) is 0 Å². The van der Waals surface area contributed by atoms with E-state index in [-0.39, 0.29) is 10.8 Å². The molecule has 0 aliphatic carbocycles. The molecule has 0 saturated carbocycles. The fourth-order valence-corrected chi connectivity index (χ4v) is 1.56.